The Kier molecular flexibility index (Phi) is 7.13. The lowest BCUT2D eigenvalue weighted by atomic mass is 10.1. The van der Waals surface area contributed by atoms with E-state index in [0.717, 1.165) is 11.5 Å². The molecule has 0 aliphatic heterocycles. The maximum Gasteiger partial charge on any atom is 0.286 e. The highest BCUT2D eigenvalue weighted by Crippen LogP contribution is 2.05. The molecule has 0 saturated heterocycles. The number of carbonyl (C=O) groups is 2. The summed E-state index contributed by atoms with van der Waals surface area (Å²) >= 11 is 1.69. The fourth-order valence-corrected chi connectivity index (χ4v) is 2.17. The summed E-state index contributed by atoms with van der Waals surface area (Å²) < 4.78 is 0. The van der Waals surface area contributed by atoms with E-state index in [1.54, 1.807) is 30.1 Å². The average molecular weight is 300 g/mol. The van der Waals surface area contributed by atoms with Gasteiger partial charge in [-0.05, 0) is 30.1 Å². The summed E-state index contributed by atoms with van der Waals surface area (Å²) in [5.74, 6) is 0.516. The Bertz CT molecular complexity index is 424. The van der Waals surface area contributed by atoms with E-state index in [2.05, 4.69) is 15.8 Å². The summed E-state index contributed by atoms with van der Waals surface area (Å²) in [5, 5.41) is 9.72. The third-order valence-corrected chi connectivity index (χ3v) is 3.55. The minimum Gasteiger partial charge on any atom is -0.382 e. The number of aromatic nitrogens is 1. The molecule has 1 rings (SSSR count). The maximum atomic E-state index is 11.6. The standard InChI is InChI=1S/C12H20N4O3S/c1-2-20-7-5-8(13)10(17)12(19)16-15-11(18)9-4-3-6-14-9/h3-4,6,8,10,14,17H,2,5,7,13H2,1H3,(H,15,18)(H,16,19)/t8-,10?/m1/s1. The molecule has 0 saturated carbocycles. The van der Waals surface area contributed by atoms with Gasteiger partial charge in [-0.3, -0.25) is 20.4 Å². The van der Waals surface area contributed by atoms with Gasteiger partial charge in [-0.15, -0.1) is 0 Å². The summed E-state index contributed by atoms with van der Waals surface area (Å²) in [6.07, 6.45) is 0.765. The topological polar surface area (TPSA) is 120 Å². The summed E-state index contributed by atoms with van der Waals surface area (Å²) in [5.41, 5.74) is 10.4. The first-order valence-electron chi connectivity index (χ1n) is 6.31. The number of carbonyl (C=O) groups excluding carboxylic acids is 2. The number of aromatic amines is 1. The molecule has 112 valence electrons. The van der Waals surface area contributed by atoms with Crippen molar-refractivity contribution in [3.8, 4) is 0 Å². The molecule has 1 aromatic heterocycles. The van der Waals surface area contributed by atoms with Gasteiger partial charge in [0.2, 0.25) is 0 Å². The van der Waals surface area contributed by atoms with Crippen molar-refractivity contribution < 1.29 is 14.7 Å². The van der Waals surface area contributed by atoms with E-state index < -0.39 is 24.0 Å². The summed E-state index contributed by atoms with van der Waals surface area (Å²) in [7, 11) is 0. The fourth-order valence-electron chi connectivity index (χ4n) is 1.45. The number of H-pyrrole nitrogens is 1. The largest absolute Gasteiger partial charge is 0.382 e. The quantitative estimate of drug-likeness (QED) is 0.347. The number of aliphatic hydroxyl groups excluding tert-OH is 1. The SMILES string of the molecule is CCSCC[C@@H](N)C(O)C(=O)NNC(=O)c1ccc[nH]1. The third kappa shape index (κ3) is 5.24. The first-order valence-corrected chi connectivity index (χ1v) is 7.46. The van der Waals surface area contributed by atoms with Crippen LogP contribution in [0.25, 0.3) is 0 Å². The van der Waals surface area contributed by atoms with Gasteiger partial charge in [-0.2, -0.15) is 11.8 Å². The molecule has 0 radical (unpaired) electrons. The van der Waals surface area contributed by atoms with Crippen molar-refractivity contribution in [2.24, 2.45) is 5.73 Å². The molecule has 0 aliphatic rings. The zero-order valence-electron chi connectivity index (χ0n) is 11.3. The van der Waals surface area contributed by atoms with Crippen LogP contribution in [0.5, 0.6) is 0 Å². The molecule has 8 heteroatoms. The van der Waals surface area contributed by atoms with Crippen LogP contribution in [0.1, 0.15) is 23.8 Å². The minimum atomic E-state index is -1.35. The molecule has 2 amide bonds. The molecule has 0 aromatic carbocycles. The fraction of sp³-hybridized carbons (Fsp3) is 0.500. The normalized spacial score (nSPS) is 13.6. The third-order valence-electron chi connectivity index (χ3n) is 2.62. The Hall–Kier alpha value is -1.51. The van der Waals surface area contributed by atoms with Crippen LogP contribution in [-0.2, 0) is 4.79 Å². The van der Waals surface area contributed by atoms with Crippen molar-refractivity contribution in [2.45, 2.75) is 25.5 Å². The lowest BCUT2D eigenvalue weighted by Crippen LogP contribution is -2.52. The lowest BCUT2D eigenvalue weighted by Gasteiger charge is -2.18. The Morgan fingerprint density at radius 2 is 2.25 bits per heavy atom. The zero-order valence-corrected chi connectivity index (χ0v) is 12.1. The lowest BCUT2D eigenvalue weighted by molar-refractivity contribution is -0.131. The molecule has 6 N–H and O–H groups in total. The first-order chi connectivity index (χ1) is 9.56. The Morgan fingerprint density at radius 1 is 1.50 bits per heavy atom. The molecule has 0 spiro atoms. The summed E-state index contributed by atoms with van der Waals surface area (Å²) in [6, 6.07) is 2.56. The predicted molar refractivity (Wildman–Crippen MR) is 78.0 cm³/mol. The number of hydrogen-bond donors (Lipinski definition) is 5. The number of nitrogens with one attached hydrogen (secondary N) is 3. The van der Waals surface area contributed by atoms with Gasteiger partial charge < -0.3 is 15.8 Å². The number of thioether (sulfide) groups is 1. The Morgan fingerprint density at radius 3 is 2.85 bits per heavy atom. The second-order valence-corrected chi connectivity index (χ2v) is 5.52. The molecule has 0 fully saturated rings. The van der Waals surface area contributed by atoms with Crippen molar-refractivity contribution >= 4 is 23.6 Å². The molecule has 7 nitrogen and oxygen atoms in total. The van der Waals surface area contributed by atoms with Gasteiger partial charge in [0, 0.05) is 12.2 Å². The van der Waals surface area contributed by atoms with E-state index in [1.807, 2.05) is 6.92 Å². The highest BCUT2D eigenvalue weighted by Gasteiger charge is 2.23. The minimum absolute atomic E-state index is 0.309. The molecule has 1 unspecified atom stereocenters. The van der Waals surface area contributed by atoms with E-state index in [4.69, 9.17) is 5.73 Å². The van der Waals surface area contributed by atoms with Crippen LogP contribution in [0.3, 0.4) is 0 Å². The van der Waals surface area contributed by atoms with Crippen LogP contribution in [0.15, 0.2) is 18.3 Å². The van der Waals surface area contributed by atoms with E-state index in [0.29, 0.717) is 12.1 Å². The van der Waals surface area contributed by atoms with E-state index in [1.165, 1.54) is 0 Å². The molecule has 1 aromatic rings. The average Bonchev–Trinajstić information content (AvgIpc) is 2.97. The Labute approximate surface area is 121 Å². The number of nitrogens with two attached hydrogens (primary N) is 1. The Balaban J connectivity index is 2.32. The van der Waals surface area contributed by atoms with Gasteiger partial charge in [0.05, 0.1) is 0 Å². The van der Waals surface area contributed by atoms with Crippen molar-refractivity contribution in [2.75, 3.05) is 11.5 Å². The summed E-state index contributed by atoms with van der Waals surface area (Å²) in [4.78, 5) is 25.9. The number of aliphatic hydroxyl groups is 1. The van der Waals surface area contributed by atoms with Gasteiger partial charge in [0.25, 0.3) is 11.8 Å². The monoisotopic (exact) mass is 300 g/mol. The van der Waals surface area contributed by atoms with Gasteiger partial charge in [-0.25, -0.2) is 0 Å². The van der Waals surface area contributed by atoms with Crippen LogP contribution in [0.4, 0.5) is 0 Å². The highest BCUT2D eigenvalue weighted by atomic mass is 32.2. The number of hydrogen-bond acceptors (Lipinski definition) is 5. The molecular formula is C12H20N4O3S. The van der Waals surface area contributed by atoms with Gasteiger partial charge >= 0.3 is 0 Å². The second-order valence-electron chi connectivity index (χ2n) is 4.12. The van der Waals surface area contributed by atoms with Gasteiger partial charge in [-0.1, -0.05) is 6.92 Å². The summed E-state index contributed by atoms with van der Waals surface area (Å²) in [6.45, 7) is 2.02. The molecule has 1 heterocycles. The molecule has 20 heavy (non-hydrogen) atoms. The van der Waals surface area contributed by atoms with Crippen molar-refractivity contribution in [1.82, 2.24) is 15.8 Å². The van der Waals surface area contributed by atoms with Crippen LogP contribution < -0.4 is 16.6 Å². The van der Waals surface area contributed by atoms with Crippen molar-refractivity contribution in [1.29, 1.82) is 0 Å². The first kappa shape index (κ1) is 16.5. The van der Waals surface area contributed by atoms with Crippen LogP contribution >= 0.6 is 11.8 Å². The highest BCUT2D eigenvalue weighted by molar-refractivity contribution is 7.99. The van der Waals surface area contributed by atoms with Gasteiger partial charge in [0.1, 0.15) is 11.8 Å². The van der Waals surface area contributed by atoms with E-state index >= 15 is 0 Å². The van der Waals surface area contributed by atoms with Gasteiger partial charge in [0.15, 0.2) is 0 Å². The number of amides is 2. The van der Waals surface area contributed by atoms with E-state index in [-0.39, 0.29) is 0 Å². The molecule has 0 bridgehead atoms. The van der Waals surface area contributed by atoms with Crippen LogP contribution in [-0.4, -0.2) is 45.6 Å². The molecule has 2 atom stereocenters. The van der Waals surface area contributed by atoms with Crippen molar-refractivity contribution in [3.05, 3.63) is 24.0 Å². The van der Waals surface area contributed by atoms with Crippen molar-refractivity contribution in [3.63, 3.8) is 0 Å². The van der Waals surface area contributed by atoms with Crippen LogP contribution in [0, 0.1) is 0 Å². The molecular weight excluding hydrogens is 280 g/mol. The predicted octanol–water partition coefficient (Wildman–Crippen LogP) is -0.393. The van der Waals surface area contributed by atoms with E-state index in [9.17, 15) is 14.7 Å². The smallest absolute Gasteiger partial charge is 0.286 e. The number of rotatable bonds is 7. The maximum absolute atomic E-state index is 11.6. The van der Waals surface area contributed by atoms with Crippen LogP contribution in [0.2, 0.25) is 0 Å². The second kappa shape index (κ2) is 8.62. The number of hydrazine groups is 1. The molecule has 0 aliphatic carbocycles. The zero-order chi connectivity index (χ0) is 15.0.